The second-order valence-corrected chi connectivity index (χ2v) is 13.9. The van der Waals surface area contributed by atoms with Crippen LogP contribution in [0.3, 0.4) is 0 Å². The first-order valence-corrected chi connectivity index (χ1v) is 14.9. The Morgan fingerprint density at radius 2 is 1.74 bits per heavy atom. The van der Waals surface area contributed by atoms with Gasteiger partial charge in [-0.25, -0.2) is 4.79 Å². The summed E-state index contributed by atoms with van der Waals surface area (Å²) in [7, 11) is 0. The topological polar surface area (TPSA) is 54.0 Å². The van der Waals surface area contributed by atoms with Crippen LogP contribution in [0, 0.1) is 52.3 Å². The number of carbonyl (C=O) groups excluding carboxylic acids is 1. The molecule has 2 saturated heterocycles. The Balaban J connectivity index is 1.17. The summed E-state index contributed by atoms with van der Waals surface area (Å²) in [5, 5.41) is 0. The van der Waals surface area contributed by atoms with Gasteiger partial charge in [0.1, 0.15) is 6.10 Å². The molecule has 0 N–H and O–H groups in total. The molecule has 0 aromatic carbocycles. The molecule has 6 rings (SSSR count). The van der Waals surface area contributed by atoms with E-state index in [-0.39, 0.29) is 11.9 Å². The lowest BCUT2D eigenvalue weighted by molar-refractivity contribution is -0.273. The van der Waals surface area contributed by atoms with Crippen LogP contribution in [0.4, 0.5) is 4.79 Å². The molecule has 0 bridgehead atoms. The maximum absolute atomic E-state index is 11.9. The van der Waals surface area contributed by atoms with E-state index in [4.69, 9.17) is 18.9 Å². The highest BCUT2D eigenvalue weighted by Gasteiger charge is 2.69. The van der Waals surface area contributed by atoms with Crippen molar-refractivity contribution in [3.05, 3.63) is 0 Å². The lowest BCUT2D eigenvalue weighted by Crippen LogP contribution is -2.55. The van der Waals surface area contributed by atoms with Crippen molar-refractivity contribution in [2.45, 2.75) is 117 Å². The molecule has 35 heavy (non-hydrogen) atoms. The van der Waals surface area contributed by atoms with Crippen LogP contribution in [-0.2, 0) is 18.9 Å². The fourth-order valence-corrected chi connectivity index (χ4v) is 10.6. The predicted octanol–water partition coefficient (Wildman–Crippen LogP) is 6.97. The summed E-state index contributed by atoms with van der Waals surface area (Å²) < 4.78 is 24.2. The highest BCUT2D eigenvalue weighted by molar-refractivity contribution is 5.60. The van der Waals surface area contributed by atoms with Crippen LogP contribution in [0.2, 0.25) is 0 Å². The number of carbonyl (C=O) groups is 1. The van der Waals surface area contributed by atoms with E-state index in [1.165, 1.54) is 44.9 Å². The van der Waals surface area contributed by atoms with E-state index in [9.17, 15) is 4.79 Å². The predicted molar refractivity (Wildman–Crippen MR) is 134 cm³/mol. The van der Waals surface area contributed by atoms with Crippen molar-refractivity contribution < 1.29 is 23.7 Å². The minimum absolute atomic E-state index is 0.0343. The number of hydrogen-bond acceptors (Lipinski definition) is 5. The molecule has 6 aliphatic rings. The van der Waals surface area contributed by atoms with Crippen LogP contribution >= 0.6 is 0 Å². The number of rotatable bonds is 2. The standard InChI is InChI=1S/C30H48O5/c1-6-32-27(31)34-21-10-12-28(4)20(15-21)7-8-22-23(28)11-13-29(5)24(22)16-25-26(29)19(3)30(35-25)14-9-18(2)17-33-30/h18-26H,6-17H2,1-5H3/t18-,19-,20?,21-,22?,23?,24?,25?,26?,28-,29-,30+/m0/s1. The quantitative estimate of drug-likeness (QED) is 0.393. The Morgan fingerprint density at radius 3 is 2.49 bits per heavy atom. The molecule has 5 heteroatoms. The molecule has 198 valence electrons. The average molecular weight is 489 g/mol. The molecule has 6 unspecified atom stereocenters. The zero-order valence-electron chi connectivity index (χ0n) is 22.7. The third-order valence-electron chi connectivity index (χ3n) is 12.4. The summed E-state index contributed by atoms with van der Waals surface area (Å²) in [6.45, 7) is 13.0. The van der Waals surface area contributed by atoms with Crippen LogP contribution in [0.15, 0.2) is 0 Å². The normalized spacial score (nSPS) is 54.9. The van der Waals surface area contributed by atoms with E-state index in [1.807, 2.05) is 6.92 Å². The molecule has 4 saturated carbocycles. The van der Waals surface area contributed by atoms with Crippen LogP contribution in [-0.4, -0.2) is 37.4 Å². The SMILES string of the molecule is CCOC(=O)O[C@H]1CC[C@@]2(C)C(CCC3C2CC[C@@]2(C)C3CC3O[C@]4(CC[C@H](C)CO4)[C@@H](C)C32)C1. The molecule has 1 spiro atoms. The van der Waals surface area contributed by atoms with Crippen LogP contribution in [0.1, 0.15) is 98.8 Å². The highest BCUT2D eigenvalue weighted by atomic mass is 16.7. The number of ether oxygens (including phenoxy) is 4. The fourth-order valence-electron chi connectivity index (χ4n) is 10.6. The molecule has 6 fully saturated rings. The lowest BCUT2D eigenvalue weighted by atomic mass is 9.44. The maximum atomic E-state index is 11.9. The van der Waals surface area contributed by atoms with E-state index in [2.05, 4.69) is 27.7 Å². The summed E-state index contributed by atoms with van der Waals surface area (Å²) >= 11 is 0. The van der Waals surface area contributed by atoms with Gasteiger partial charge in [0.15, 0.2) is 5.79 Å². The minimum Gasteiger partial charge on any atom is -0.435 e. The van der Waals surface area contributed by atoms with Gasteiger partial charge in [-0.15, -0.1) is 0 Å². The van der Waals surface area contributed by atoms with E-state index >= 15 is 0 Å². The van der Waals surface area contributed by atoms with Gasteiger partial charge in [0, 0.05) is 12.3 Å². The molecule has 2 heterocycles. The van der Waals surface area contributed by atoms with Gasteiger partial charge >= 0.3 is 6.16 Å². The van der Waals surface area contributed by atoms with Crippen molar-refractivity contribution in [2.75, 3.05) is 13.2 Å². The molecular formula is C30H48O5. The zero-order valence-corrected chi connectivity index (χ0v) is 22.7. The van der Waals surface area contributed by atoms with E-state index < -0.39 is 6.16 Å². The summed E-state index contributed by atoms with van der Waals surface area (Å²) in [6.07, 6.45) is 12.0. The van der Waals surface area contributed by atoms with Crippen molar-refractivity contribution in [2.24, 2.45) is 52.3 Å². The average Bonchev–Trinajstić information content (AvgIpc) is 3.26. The molecule has 0 aromatic heterocycles. The lowest BCUT2D eigenvalue weighted by Gasteiger charge is -2.61. The Hall–Kier alpha value is -0.810. The first kappa shape index (κ1) is 24.5. The van der Waals surface area contributed by atoms with Crippen molar-refractivity contribution in [1.82, 2.24) is 0 Å². The van der Waals surface area contributed by atoms with Crippen LogP contribution in [0.25, 0.3) is 0 Å². The summed E-state index contributed by atoms with van der Waals surface area (Å²) in [6, 6.07) is 0. The molecule has 0 radical (unpaired) electrons. The maximum Gasteiger partial charge on any atom is 0.508 e. The van der Waals surface area contributed by atoms with E-state index in [0.29, 0.717) is 47.2 Å². The van der Waals surface area contributed by atoms with Gasteiger partial charge in [-0.2, -0.15) is 0 Å². The summed E-state index contributed by atoms with van der Waals surface area (Å²) in [5.41, 5.74) is 0.765. The molecular weight excluding hydrogens is 440 g/mol. The van der Waals surface area contributed by atoms with Gasteiger partial charge in [0.05, 0.1) is 19.3 Å². The molecule has 2 aliphatic heterocycles. The summed E-state index contributed by atoms with van der Waals surface area (Å²) in [4.78, 5) is 11.9. The van der Waals surface area contributed by atoms with Crippen molar-refractivity contribution >= 4 is 6.16 Å². The van der Waals surface area contributed by atoms with E-state index in [1.54, 1.807) is 0 Å². The fraction of sp³-hybridized carbons (Fsp3) is 0.967. The van der Waals surface area contributed by atoms with Crippen molar-refractivity contribution in [3.8, 4) is 0 Å². The third-order valence-corrected chi connectivity index (χ3v) is 12.4. The largest absolute Gasteiger partial charge is 0.508 e. The first-order chi connectivity index (χ1) is 16.7. The molecule has 4 aliphatic carbocycles. The Labute approximate surface area is 212 Å². The Morgan fingerprint density at radius 1 is 0.943 bits per heavy atom. The van der Waals surface area contributed by atoms with Gasteiger partial charge in [-0.3, -0.25) is 0 Å². The van der Waals surface area contributed by atoms with Crippen molar-refractivity contribution in [3.63, 3.8) is 0 Å². The monoisotopic (exact) mass is 488 g/mol. The van der Waals surface area contributed by atoms with Gasteiger partial charge in [0.25, 0.3) is 0 Å². The number of fused-ring (bicyclic) bond motifs is 7. The minimum atomic E-state index is -0.482. The van der Waals surface area contributed by atoms with Gasteiger partial charge in [0.2, 0.25) is 0 Å². The summed E-state index contributed by atoms with van der Waals surface area (Å²) in [5.74, 6) is 4.55. The van der Waals surface area contributed by atoms with Crippen molar-refractivity contribution in [1.29, 1.82) is 0 Å². The molecule has 0 amide bonds. The van der Waals surface area contributed by atoms with Gasteiger partial charge in [-0.05, 0) is 111 Å². The highest BCUT2D eigenvalue weighted by Crippen LogP contribution is 2.71. The molecule has 12 atom stereocenters. The van der Waals surface area contributed by atoms with E-state index in [0.717, 1.165) is 43.6 Å². The smallest absolute Gasteiger partial charge is 0.435 e. The Bertz CT molecular complexity index is 820. The van der Waals surface area contributed by atoms with Gasteiger partial charge < -0.3 is 18.9 Å². The number of hydrogen-bond donors (Lipinski definition) is 0. The third kappa shape index (κ3) is 3.64. The molecule has 0 aromatic rings. The zero-order chi connectivity index (χ0) is 24.6. The first-order valence-electron chi connectivity index (χ1n) is 14.9. The second-order valence-electron chi connectivity index (χ2n) is 13.9. The second kappa shape index (κ2) is 8.61. The molecule has 5 nitrogen and oxygen atoms in total. The van der Waals surface area contributed by atoms with Crippen LogP contribution < -0.4 is 0 Å². The van der Waals surface area contributed by atoms with Gasteiger partial charge in [-0.1, -0.05) is 27.7 Å². The Kier molecular flexibility index (Phi) is 6.03. The van der Waals surface area contributed by atoms with Crippen LogP contribution in [0.5, 0.6) is 0 Å².